The third-order valence-corrected chi connectivity index (χ3v) is 2.99. The number of hydrogen-bond acceptors (Lipinski definition) is 3. The van der Waals surface area contributed by atoms with Crippen LogP contribution in [0.1, 0.15) is 38.2 Å². The lowest BCUT2D eigenvalue weighted by atomic mass is 10.2. The molecule has 1 unspecified atom stereocenters. The van der Waals surface area contributed by atoms with Crippen LogP contribution in [0.3, 0.4) is 0 Å². The smallest absolute Gasteiger partial charge is 0.108 e. The standard InChI is InChI=1S/C13H23N3O/c1-10(2)7-14-8-11-9-15-13(16-11)6-12-4-3-5-17-12/h9-10,12,14H,3-8H2,1-2H3,(H,15,16). The minimum Gasteiger partial charge on any atom is -0.378 e. The van der Waals surface area contributed by atoms with Gasteiger partial charge in [-0.25, -0.2) is 4.98 Å². The van der Waals surface area contributed by atoms with Gasteiger partial charge in [0.2, 0.25) is 0 Å². The first-order valence-electron chi connectivity index (χ1n) is 6.59. The Morgan fingerprint density at radius 3 is 3.18 bits per heavy atom. The summed E-state index contributed by atoms with van der Waals surface area (Å²) >= 11 is 0. The number of ether oxygens (including phenoxy) is 1. The van der Waals surface area contributed by atoms with E-state index in [-0.39, 0.29) is 0 Å². The van der Waals surface area contributed by atoms with Crippen molar-refractivity contribution in [1.82, 2.24) is 15.3 Å². The van der Waals surface area contributed by atoms with Crippen LogP contribution in [0, 0.1) is 5.92 Å². The quantitative estimate of drug-likeness (QED) is 0.794. The van der Waals surface area contributed by atoms with Crippen molar-refractivity contribution in [3.63, 3.8) is 0 Å². The van der Waals surface area contributed by atoms with Gasteiger partial charge in [-0.05, 0) is 25.3 Å². The zero-order valence-electron chi connectivity index (χ0n) is 10.8. The lowest BCUT2D eigenvalue weighted by Gasteiger charge is -2.07. The number of aromatic amines is 1. The number of aromatic nitrogens is 2. The van der Waals surface area contributed by atoms with Crippen molar-refractivity contribution < 1.29 is 4.74 Å². The number of rotatable bonds is 6. The fourth-order valence-corrected chi connectivity index (χ4v) is 2.12. The number of hydrogen-bond donors (Lipinski definition) is 2. The molecule has 1 atom stereocenters. The Labute approximate surface area is 103 Å². The van der Waals surface area contributed by atoms with Crippen LogP contribution in [0.25, 0.3) is 0 Å². The number of nitrogens with zero attached hydrogens (tertiary/aromatic N) is 1. The van der Waals surface area contributed by atoms with E-state index in [0.29, 0.717) is 12.0 Å². The molecule has 0 aliphatic carbocycles. The minimum absolute atomic E-state index is 0.373. The van der Waals surface area contributed by atoms with Gasteiger partial charge in [-0.2, -0.15) is 0 Å². The molecule has 1 aliphatic heterocycles. The Bertz CT molecular complexity index is 329. The molecule has 2 heterocycles. The molecule has 1 fully saturated rings. The minimum atomic E-state index is 0.373. The van der Waals surface area contributed by atoms with Crippen molar-refractivity contribution in [2.45, 2.75) is 45.8 Å². The molecule has 1 saturated heterocycles. The van der Waals surface area contributed by atoms with E-state index in [0.717, 1.165) is 31.9 Å². The Morgan fingerprint density at radius 2 is 2.47 bits per heavy atom. The van der Waals surface area contributed by atoms with E-state index in [4.69, 9.17) is 4.74 Å². The zero-order valence-corrected chi connectivity index (χ0v) is 10.8. The highest BCUT2D eigenvalue weighted by Crippen LogP contribution is 2.15. The number of nitrogens with one attached hydrogen (secondary N) is 2. The third-order valence-electron chi connectivity index (χ3n) is 2.99. The molecular formula is C13H23N3O. The summed E-state index contributed by atoms with van der Waals surface area (Å²) in [6.45, 7) is 7.25. The van der Waals surface area contributed by atoms with Gasteiger partial charge in [0, 0.05) is 31.5 Å². The highest BCUT2D eigenvalue weighted by atomic mass is 16.5. The normalized spacial score (nSPS) is 20.3. The van der Waals surface area contributed by atoms with Gasteiger partial charge in [-0.1, -0.05) is 13.8 Å². The molecule has 0 spiro atoms. The molecular weight excluding hydrogens is 214 g/mol. The van der Waals surface area contributed by atoms with Crippen LogP contribution >= 0.6 is 0 Å². The molecule has 2 N–H and O–H groups in total. The van der Waals surface area contributed by atoms with Crippen LogP contribution < -0.4 is 5.32 Å². The van der Waals surface area contributed by atoms with Gasteiger partial charge in [0.15, 0.2) is 0 Å². The lowest BCUT2D eigenvalue weighted by Crippen LogP contribution is -2.19. The summed E-state index contributed by atoms with van der Waals surface area (Å²) < 4.78 is 5.60. The first-order chi connectivity index (χ1) is 8.24. The van der Waals surface area contributed by atoms with Gasteiger partial charge in [0.25, 0.3) is 0 Å². The van der Waals surface area contributed by atoms with Crippen molar-refractivity contribution in [3.05, 3.63) is 17.7 Å². The van der Waals surface area contributed by atoms with E-state index < -0.39 is 0 Å². The summed E-state index contributed by atoms with van der Waals surface area (Å²) in [5.74, 6) is 1.74. The first kappa shape index (κ1) is 12.6. The molecule has 0 saturated carbocycles. The van der Waals surface area contributed by atoms with Crippen molar-refractivity contribution >= 4 is 0 Å². The summed E-state index contributed by atoms with van der Waals surface area (Å²) in [5.41, 5.74) is 1.17. The maximum absolute atomic E-state index is 5.60. The average molecular weight is 237 g/mol. The second-order valence-corrected chi connectivity index (χ2v) is 5.22. The summed E-state index contributed by atoms with van der Waals surface area (Å²) in [7, 11) is 0. The fourth-order valence-electron chi connectivity index (χ4n) is 2.12. The molecule has 2 rings (SSSR count). The van der Waals surface area contributed by atoms with Crippen LogP contribution in [0.2, 0.25) is 0 Å². The highest BCUT2D eigenvalue weighted by molar-refractivity contribution is 5.02. The van der Waals surface area contributed by atoms with Crippen molar-refractivity contribution in [1.29, 1.82) is 0 Å². The molecule has 17 heavy (non-hydrogen) atoms. The molecule has 1 aromatic rings. The Hall–Kier alpha value is -0.870. The van der Waals surface area contributed by atoms with Crippen LogP contribution in [0.15, 0.2) is 6.20 Å². The molecule has 1 aliphatic rings. The molecule has 0 amide bonds. The largest absolute Gasteiger partial charge is 0.378 e. The van der Waals surface area contributed by atoms with Crippen LogP contribution in [-0.4, -0.2) is 29.2 Å². The number of H-pyrrole nitrogens is 1. The van der Waals surface area contributed by atoms with Gasteiger partial charge in [-0.15, -0.1) is 0 Å². The fraction of sp³-hybridized carbons (Fsp3) is 0.769. The second-order valence-electron chi connectivity index (χ2n) is 5.22. The topological polar surface area (TPSA) is 49.9 Å². The predicted molar refractivity (Wildman–Crippen MR) is 67.8 cm³/mol. The Kier molecular flexibility index (Phi) is 4.57. The molecule has 96 valence electrons. The van der Waals surface area contributed by atoms with Gasteiger partial charge in [-0.3, -0.25) is 0 Å². The second kappa shape index (κ2) is 6.17. The third kappa shape index (κ3) is 4.13. The Balaban J connectivity index is 1.75. The van der Waals surface area contributed by atoms with Crippen LogP contribution in [-0.2, 0) is 17.7 Å². The SMILES string of the molecule is CC(C)CNCc1cnc(CC2CCCO2)[nH]1. The first-order valence-corrected chi connectivity index (χ1v) is 6.59. The van der Waals surface area contributed by atoms with E-state index in [2.05, 4.69) is 29.1 Å². The van der Waals surface area contributed by atoms with Gasteiger partial charge in [0.05, 0.1) is 6.10 Å². The number of imidazole rings is 1. The summed E-state index contributed by atoms with van der Waals surface area (Å²) in [5, 5.41) is 3.41. The van der Waals surface area contributed by atoms with Crippen molar-refractivity contribution in [2.24, 2.45) is 5.92 Å². The summed E-state index contributed by atoms with van der Waals surface area (Å²) in [6.07, 6.45) is 5.58. The van der Waals surface area contributed by atoms with Gasteiger partial charge < -0.3 is 15.0 Å². The zero-order chi connectivity index (χ0) is 12.1. The van der Waals surface area contributed by atoms with Gasteiger partial charge in [0.1, 0.15) is 5.82 Å². The van der Waals surface area contributed by atoms with E-state index in [1.165, 1.54) is 18.5 Å². The molecule has 4 heteroatoms. The maximum Gasteiger partial charge on any atom is 0.108 e. The monoisotopic (exact) mass is 237 g/mol. The van der Waals surface area contributed by atoms with E-state index >= 15 is 0 Å². The highest BCUT2D eigenvalue weighted by Gasteiger charge is 2.17. The van der Waals surface area contributed by atoms with Crippen molar-refractivity contribution in [3.8, 4) is 0 Å². The average Bonchev–Trinajstić information content (AvgIpc) is 2.90. The predicted octanol–water partition coefficient (Wildman–Crippen LogP) is 1.88. The van der Waals surface area contributed by atoms with Crippen molar-refractivity contribution in [2.75, 3.05) is 13.2 Å². The van der Waals surface area contributed by atoms with E-state index in [9.17, 15) is 0 Å². The lowest BCUT2D eigenvalue weighted by molar-refractivity contribution is 0.110. The molecule has 0 aromatic carbocycles. The summed E-state index contributed by atoms with van der Waals surface area (Å²) in [4.78, 5) is 7.76. The molecule has 0 bridgehead atoms. The molecule has 1 aromatic heterocycles. The van der Waals surface area contributed by atoms with Crippen LogP contribution in [0.5, 0.6) is 0 Å². The van der Waals surface area contributed by atoms with Gasteiger partial charge >= 0.3 is 0 Å². The van der Waals surface area contributed by atoms with E-state index in [1.54, 1.807) is 0 Å². The van der Waals surface area contributed by atoms with Crippen LogP contribution in [0.4, 0.5) is 0 Å². The van der Waals surface area contributed by atoms with E-state index in [1.807, 2.05) is 6.20 Å². The molecule has 0 radical (unpaired) electrons. The molecule has 4 nitrogen and oxygen atoms in total. The maximum atomic E-state index is 5.60. The Morgan fingerprint density at radius 1 is 1.59 bits per heavy atom. The summed E-state index contributed by atoms with van der Waals surface area (Å²) in [6, 6.07) is 0.